The molecule has 1 aromatic rings. The van der Waals surface area contributed by atoms with E-state index in [2.05, 4.69) is 32.2 Å². The van der Waals surface area contributed by atoms with Gasteiger partial charge in [-0.3, -0.25) is 4.79 Å². The Hall–Kier alpha value is -1.51. The van der Waals surface area contributed by atoms with Gasteiger partial charge in [-0.2, -0.15) is 0 Å². The quantitative estimate of drug-likeness (QED) is 0.885. The Balaban J connectivity index is 2.01. The molecule has 1 fully saturated rings. The van der Waals surface area contributed by atoms with E-state index in [4.69, 9.17) is 4.74 Å². The van der Waals surface area contributed by atoms with Crippen molar-refractivity contribution in [3.05, 3.63) is 28.3 Å². The minimum Gasteiger partial charge on any atom is -0.496 e. The van der Waals surface area contributed by atoms with Crippen LogP contribution in [0, 0.1) is 26.7 Å². The lowest BCUT2D eigenvalue weighted by atomic mass is 9.96. The zero-order valence-corrected chi connectivity index (χ0v) is 12.3. The molecule has 3 nitrogen and oxygen atoms in total. The topological polar surface area (TPSA) is 38.3 Å². The van der Waals surface area contributed by atoms with Gasteiger partial charge < -0.3 is 10.1 Å². The van der Waals surface area contributed by atoms with Gasteiger partial charge in [0.2, 0.25) is 5.91 Å². The molecule has 0 saturated heterocycles. The Morgan fingerprint density at radius 1 is 1.32 bits per heavy atom. The monoisotopic (exact) mass is 261 g/mol. The van der Waals surface area contributed by atoms with Crippen LogP contribution in [0.1, 0.15) is 35.1 Å². The first-order valence-electron chi connectivity index (χ1n) is 6.96. The summed E-state index contributed by atoms with van der Waals surface area (Å²) in [6.45, 7) is 7.00. The largest absolute Gasteiger partial charge is 0.496 e. The molecule has 0 bridgehead atoms. The summed E-state index contributed by atoms with van der Waals surface area (Å²) in [5.41, 5.74) is 4.93. The third kappa shape index (κ3) is 3.09. The standard InChI is InChI=1S/C16H23NO2/c1-10-9-14(11(2)12(3)15(10)19-4)7-8-17-16(18)13-5-6-13/h9,13H,5-8H2,1-4H3,(H,17,18). The van der Waals surface area contributed by atoms with E-state index >= 15 is 0 Å². The molecule has 104 valence electrons. The van der Waals surface area contributed by atoms with E-state index in [-0.39, 0.29) is 5.91 Å². The molecule has 0 unspecified atom stereocenters. The van der Waals surface area contributed by atoms with Crippen LogP contribution in [0.3, 0.4) is 0 Å². The molecule has 0 aromatic heterocycles. The second-order valence-electron chi connectivity index (χ2n) is 5.45. The van der Waals surface area contributed by atoms with Crippen molar-refractivity contribution in [2.45, 2.75) is 40.0 Å². The maximum absolute atomic E-state index is 11.6. The highest BCUT2D eigenvalue weighted by molar-refractivity contribution is 5.80. The maximum atomic E-state index is 11.6. The number of methoxy groups -OCH3 is 1. The average Bonchev–Trinajstić information content (AvgIpc) is 3.20. The molecule has 0 spiro atoms. The average molecular weight is 261 g/mol. The molecule has 2 rings (SSSR count). The zero-order valence-electron chi connectivity index (χ0n) is 12.3. The van der Waals surface area contributed by atoms with E-state index in [0.29, 0.717) is 5.92 Å². The number of amides is 1. The number of hydrogen-bond donors (Lipinski definition) is 1. The Kier molecular flexibility index (Phi) is 4.13. The lowest BCUT2D eigenvalue weighted by Gasteiger charge is -2.16. The Morgan fingerprint density at radius 2 is 2.00 bits per heavy atom. The summed E-state index contributed by atoms with van der Waals surface area (Å²) in [5.74, 6) is 1.49. The van der Waals surface area contributed by atoms with Crippen molar-refractivity contribution in [1.29, 1.82) is 0 Å². The van der Waals surface area contributed by atoms with Crippen molar-refractivity contribution in [3.63, 3.8) is 0 Å². The van der Waals surface area contributed by atoms with E-state index in [0.717, 1.165) is 37.1 Å². The van der Waals surface area contributed by atoms with Gasteiger partial charge in [0.1, 0.15) is 5.75 Å². The zero-order chi connectivity index (χ0) is 14.0. The maximum Gasteiger partial charge on any atom is 0.223 e. The number of carbonyl (C=O) groups is 1. The first-order chi connectivity index (χ1) is 9.04. The molecule has 3 heteroatoms. The smallest absolute Gasteiger partial charge is 0.223 e. The number of carbonyl (C=O) groups excluding carboxylic acids is 1. The number of aryl methyl sites for hydroxylation is 1. The molecule has 0 aliphatic heterocycles. The molecule has 1 aromatic carbocycles. The van der Waals surface area contributed by atoms with Crippen LogP contribution in [-0.4, -0.2) is 19.6 Å². The summed E-state index contributed by atoms with van der Waals surface area (Å²) in [6.07, 6.45) is 3.01. The first kappa shape index (κ1) is 13.9. The lowest BCUT2D eigenvalue weighted by molar-refractivity contribution is -0.122. The van der Waals surface area contributed by atoms with Crippen molar-refractivity contribution >= 4 is 5.91 Å². The summed E-state index contributed by atoms with van der Waals surface area (Å²) in [4.78, 5) is 11.6. The van der Waals surface area contributed by atoms with Crippen LogP contribution >= 0.6 is 0 Å². The highest BCUT2D eigenvalue weighted by Crippen LogP contribution is 2.29. The van der Waals surface area contributed by atoms with Crippen LogP contribution in [0.4, 0.5) is 0 Å². The summed E-state index contributed by atoms with van der Waals surface area (Å²) < 4.78 is 5.42. The lowest BCUT2D eigenvalue weighted by Crippen LogP contribution is -2.27. The number of nitrogens with one attached hydrogen (secondary N) is 1. The van der Waals surface area contributed by atoms with Crippen LogP contribution in [0.5, 0.6) is 5.75 Å². The van der Waals surface area contributed by atoms with Crippen LogP contribution in [-0.2, 0) is 11.2 Å². The minimum atomic E-state index is 0.222. The molecule has 0 heterocycles. The number of hydrogen-bond acceptors (Lipinski definition) is 2. The van der Waals surface area contributed by atoms with Gasteiger partial charge in [-0.05, 0) is 62.3 Å². The van der Waals surface area contributed by atoms with E-state index in [9.17, 15) is 4.79 Å². The van der Waals surface area contributed by atoms with Crippen molar-refractivity contribution in [1.82, 2.24) is 5.32 Å². The molecule has 1 aliphatic rings. The van der Waals surface area contributed by atoms with E-state index in [1.807, 2.05) is 0 Å². The van der Waals surface area contributed by atoms with Crippen LogP contribution in [0.25, 0.3) is 0 Å². The fourth-order valence-corrected chi connectivity index (χ4v) is 2.53. The van der Waals surface area contributed by atoms with Crippen LogP contribution in [0.15, 0.2) is 6.07 Å². The molecule has 1 saturated carbocycles. The highest BCUT2D eigenvalue weighted by atomic mass is 16.5. The van der Waals surface area contributed by atoms with Gasteiger partial charge in [-0.15, -0.1) is 0 Å². The summed E-state index contributed by atoms with van der Waals surface area (Å²) in [7, 11) is 1.71. The molecular formula is C16H23NO2. The molecule has 1 aliphatic carbocycles. The minimum absolute atomic E-state index is 0.222. The third-order valence-corrected chi connectivity index (χ3v) is 3.98. The predicted octanol–water partition coefficient (Wildman–Crippen LogP) is 2.69. The molecular weight excluding hydrogens is 238 g/mol. The summed E-state index contributed by atoms with van der Waals surface area (Å²) >= 11 is 0. The Morgan fingerprint density at radius 3 is 2.58 bits per heavy atom. The predicted molar refractivity (Wildman–Crippen MR) is 76.6 cm³/mol. The molecule has 19 heavy (non-hydrogen) atoms. The van der Waals surface area contributed by atoms with Gasteiger partial charge in [0, 0.05) is 12.5 Å². The van der Waals surface area contributed by atoms with E-state index < -0.39 is 0 Å². The fraction of sp³-hybridized carbons (Fsp3) is 0.562. The number of ether oxygens (including phenoxy) is 1. The van der Waals surface area contributed by atoms with Gasteiger partial charge in [0.25, 0.3) is 0 Å². The number of benzene rings is 1. The fourth-order valence-electron chi connectivity index (χ4n) is 2.53. The Bertz CT molecular complexity index is 490. The molecule has 0 radical (unpaired) electrons. The van der Waals surface area contributed by atoms with Crippen molar-refractivity contribution < 1.29 is 9.53 Å². The van der Waals surface area contributed by atoms with Crippen molar-refractivity contribution in [2.24, 2.45) is 5.92 Å². The van der Waals surface area contributed by atoms with Gasteiger partial charge in [0.15, 0.2) is 0 Å². The van der Waals surface area contributed by atoms with Gasteiger partial charge in [0.05, 0.1) is 7.11 Å². The van der Waals surface area contributed by atoms with Crippen LogP contribution < -0.4 is 10.1 Å². The second-order valence-corrected chi connectivity index (χ2v) is 5.45. The van der Waals surface area contributed by atoms with E-state index in [1.165, 1.54) is 16.7 Å². The SMILES string of the molecule is COc1c(C)cc(CCNC(=O)C2CC2)c(C)c1C. The second kappa shape index (κ2) is 5.64. The summed E-state index contributed by atoms with van der Waals surface area (Å²) in [5, 5.41) is 3.02. The molecule has 0 atom stereocenters. The van der Waals surface area contributed by atoms with E-state index in [1.54, 1.807) is 7.11 Å². The van der Waals surface area contributed by atoms with Crippen LogP contribution in [0.2, 0.25) is 0 Å². The third-order valence-electron chi connectivity index (χ3n) is 3.98. The first-order valence-corrected chi connectivity index (χ1v) is 6.96. The molecule has 1 N–H and O–H groups in total. The van der Waals surface area contributed by atoms with Gasteiger partial charge in [-0.1, -0.05) is 6.07 Å². The highest BCUT2D eigenvalue weighted by Gasteiger charge is 2.29. The normalized spacial score (nSPS) is 14.3. The Labute approximate surface area is 115 Å². The summed E-state index contributed by atoms with van der Waals surface area (Å²) in [6, 6.07) is 2.17. The van der Waals surface area contributed by atoms with Gasteiger partial charge >= 0.3 is 0 Å². The number of rotatable bonds is 5. The van der Waals surface area contributed by atoms with Crippen molar-refractivity contribution in [3.8, 4) is 5.75 Å². The molecule has 1 amide bonds. The van der Waals surface area contributed by atoms with Crippen molar-refractivity contribution in [2.75, 3.05) is 13.7 Å². The van der Waals surface area contributed by atoms with Gasteiger partial charge in [-0.25, -0.2) is 0 Å².